The highest BCUT2D eigenvalue weighted by molar-refractivity contribution is 7.11. The third-order valence-corrected chi connectivity index (χ3v) is 9.98. The number of carbonyl (C=O) groups is 5. The minimum atomic E-state index is -0.944. The molecule has 0 saturated carbocycles. The van der Waals surface area contributed by atoms with Crippen LogP contribution in [-0.4, -0.2) is 82.2 Å². The Labute approximate surface area is 294 Å². The number of amides is 3. The van der Waals surface area contributed by atoms with Gasteiger partial charge in [0.25, 0.3) is 5.91 Å². The molecule has 2 aromatic rings. The monoisotopic (exact) mass is 705 g/mol. The number of aromatic nitrogens is 1. The topological polar surface area (TPSA) is 158 Å². The summed E-state index contributed by atoms with van der Waals surface area (Å²) in [5.41, 5.74) is 1.04. The van der Waals surface area contributed by atoms with Crippen LogP contribution >= 0.6 is 23.7 Å². The lowest BCUT2D eigenvalue weighted by Gasteiger charge is -2.34. The number of rotatable bonds is 17. The molecular formula is C35H52ClN5O6S. The van der Waals surface area contributed by atoms with Gasteiger partial charge in [-0.3, -0.25) is 28.9 Å². The molecule has 6 atom stereocenters. The Kier molecular flexibility index (Phi) is 16.7. The zero-order valence-electron chi connectivity index (χ0n) is 28.9. The molecule has 0 radical (unpaired) electrons. The highest BCUT2D eigenvalue weighted by atomic mass is 35.5. The van der Waals surface area contributed by atoms with Gasteiger partial charge in [-0.1, -0.05) is 77.8 Å². The summed E-state index contributed by atoms with van der Waals surface area (Å²) in [5, 5.41) is 20.0. The molecule has 1 aromatic heterocycles. The fourth-order valence-corrected chi connectivity index (χ4v) is 6.50. The summed E-state index contributed by atoms with van der Waals surface area (Å²) >= 11 is 1.06. The van der Waals surface area contributed by atoms with Crippen LogP contribution in [0.15, 0.2) is 35.7 Å². The van der Waals surface area contributed by atoms with Gasteiger partial charge in [0.15, 0.2) is 10.8 Å². The molecule has 2 heterocycles. The van der Waals surface area contributed by atoms with Crippen molar-refractivity contribution in [3.05, 3.63) is 52.0 Å². The van der Waals surface area contributed by atoms with Gasteiger partial charge < -0.3 is 21.1 Å². The Morgan fingerprint density at radius 1 is 1.02 bits per heavy atom. The first-order valence-electron chi connectivity index (χ1n) is 16.7. The van der Waals surface area contributed by atoms with E-state index in [0.29, 0.717) is 12.8 Å². The number of hydrogen-bond acceptors (Lipinski definition) is 8. The normalized spacial score (nSPS) is 18.0. The maximum atomic E-state index is 13.6. The molecule has 0 spiro atoms. The summed E-state index contributed by atoms with van der Waals surface area (Å²) in [6, 6.07) is 7.54. The van der Waals surface area contributed by atoms with E-state index in [1.54, 1.807) is 6.92 Å². The average Bonchev–Trinajstić information content (AvgIpc) is 3.54. The third-order valence-electron chi connectivity index (χ3n) is 9.10. The van der Waals surface area contributed by atoms with Crippen molar-refractivity contribution >= 4 is 53.2 Å². The number of nitrogens with zero attached hydrogens (tertiary/aromatic N) is 2. The molecule has 3 rings (SSSR count). The second kappa shape index (κ2) is 19.6. The van der Waals surface area contributed by atoms with E-state index in [0.717, 1.165) is 42.7 Å². The summed E-state index contributed by atoms with van der Waals surface area (Å²) in [5.74, 6) is -3.07. The van der Waals surface area contributed by atoms with E-state index in [-0.39, 0.29) is 71.4 Å². The highest BCUT2D eigenvalue weighted by Crippen LogP contribution is 2.20. The van der Waals surface area contributed by atoms with E-state index in [2.05, 4.69) is 20.9 Å². The quantitative estimate of drug-likeness (QED) is 0.172. The lowest BCUT2D eigenvalue weighted by Crippen LogP contribution is -2.57. The summed E-state index contributed by atoms with van der Waals surface area (Å²) < 4.78 is 0. The van der Waals surface area contributed by atoms with Crippen molar-refractivity contribution in [1.29, 1.82) is 0 Å². The number of carboxylic acids is 1. The van der Waals surface area contributed by atoms with E-state index in [4.69, 9.17) is 0 Å². The van der Waals surface area contributed by atoms with Crippen molar-refractivity contribution < 1.29 is 29.1 Å². The number of piperidine rings is 1. The second-order valence-corrected chi connectivity index (χ2v) is 14.1. The molecule has 11 nitrogen and oxygen atoms in total. The molecule has 13 heteroatoms. The summed E-state index contributed by atoms with van der Waals surface area (Å²) in [6.07, 6.45) is 4.13. The lowest BCUT2D eigenvalue weighted by atomic mass is 9.94. The minimum absolute atomic E-state index is 0. The van der Waals surface area contributed by atoms with Gasteiger partial charge in [-0.15, -0.1) is 23.7 Å². The fraction of sp³-hybridized carbons (Fsp3) is 0.600. The number of halogens is 1. The number of carboxylic acid groups (broad SMARTS) is 1. The van der Waals surface area contributed by atoms with Gasteiger partial charge in [-0.2, -0.15) is 0 Å². The molecule has 1 aromatic carbocycles. The Balaban J connectivity index is 0.00000800. The molecule has 1 aliphatic heterocycles. The van der Waals surface area contributed by atoms with Crippen LogP contribution in [0.5, 0.6) is 0 Å². The van der Waals surface area contributed by atoms with E-state index >= 15 is 0 Å². The van der Waals surface area contributed by atoms with Gasteiger partial charge in [0.05, 0.1) is 12.0 Å². The van der Waals surface area contributed by atoms with Gasteiger partial charge in [0.2, 0.25) is 11.8 Å². The van der Waals surface area contributed by atoms with Crippen LogP contribution in [-0.2, 0) is 20.8 Å². The first-order chi connectivity index (χ1) is 22.3. The molecule has 4 N–H and O–H groups in total. The number of nitrogens with one attached hydrogen (secondary N) is 3. The number of Topliss-reactive ketones (excluding diaryl/α,β-unsaturated/α-hetero) is 1. The third kappa shape index (κ3) is 12.0. The number of likely N-dealkylation sites (N-methyl/N-ethyl adjacent to an activating group) is 1. The Bertz CT molecular complexity index is 1370. The largest absolute Gasteiger partial charge is 0.481 e. The number of ketones is 1. The Hall–Kier alpha value is -3.35. The molecule has 1 fully saturated rings. The van der Waals surface area contributed by atoms with Crippen molar-refractivity contribution in [1.82, 2.24) is 25.8 Å². The first kappa shape index (κ1) is 40.8. The van der Waals surface area contributed by atoms with E-state index in [1.807, 2.05) is 70.0 Å². The van der Waals surface area contributed by atoms with Crippen molar-refractivity contribution in [2.45, 2.75) is 104 Å². The number of carbonyl (C=O) groups excluding carboxylic acids is 4. The zero-order chi connectivity index (χ0) is 34.7. The second-order valence-electron chi connectivity index (χ2n) is 13.2. The summed E-state index contributed by atoms with van der Waals surface area (Å²) in [7, 11) is 1.93. The van der Waals surface area contributed by atoms with Crippen molar-refractivity contribution in [2.75, 3.05) is 13.6 Å². The van der Waals surface area contributed by atoms with Gasteiger partial charge in [-0.05, 0) is 56.7 Å². The van der Waals surface area contributed by atoms with Crippen molar-refractivity contribution in [3.63, 3.8) is 0 Å². The van der Waals surface area contributed by atoms with Gasteiger partial charge in [0, 0.05) is 23.9 Å². The highest BCUT2D eigenvalue weighted by Gasteiger charge is 2.34. The van der Waals surface area contributed by atoms with Gasteiger partial charge >= 0.3 is 5.97 Å². The van der Waals surface area contributed by atoms with Crippen LogP contribution in [0.2, 0.25) is 0 Å². The van der Waals surface area contributed by atoms with Crippen molar-refractivity contribution in [3.8, 4) is 0 Å². The molecule has 1 aliphatic rings. The summed E-state index contributed by atoms with van der Waals surface area (Å²) in [4.78, 5) is 71.2. The van der Waals surface area contributed by atoms with Crippen LogP contribution in [0, 0.1) is 17.8 Å². The van der Waals surface area contributed by atoms with E-state index in [9.17, 15) is 29.1 Å². The molecule has 0 aliphatic carbocycles. The number of aliphatic carboxylic acids is 1. The number of hydrogen-bond donors (Lipinski definition) is 4. The fourth-order valence-electron chi connectivity index (χ4n) is 5.76. The molecular weight excluding hydrogens is 654 g/mol. The molecule has 0 bridgehead atoms. The molecule has 1 saturated heterocycles. The standard InChI is InChI=1S/C35H51N5O6S.ClH/c1-7-22(4)30(39-32(43)28-15-11-12-16-40(28)6)33(44)37-26(21(2)3)19-29(41)34-38-27(20-47-34)31(42)36-25(17-23(5)35(45)46)18-24-13-9-8-10-14-24;/h8-10,13-14,20-23,25-26,28,30H,7,11-12,15-19H2,1-6H3,(H,36,42)(H,37,44)(H,39,43)(H,45,46);1H/t22-,23-,25+,26+,28+,30-;/m0./s1. The Morgan fingerprint density at radius 2 is 1.71 bits per heavy atom. The maximum Gasteiger partial charge on any atom is 0.306 e. The van der Waals surface area contributed by atoms with Crippen LogP contribution in [0.3, 0.4) is 0 Å². The minimum Gasteiger partial charge on any atom is -0.481 e. The number of benzene rings is 1. The van der Waals surface area contributed by atoms with Gasteiger partial charge in [-0.25, -0.2) is 4.98 Å². The van der Waals surface area contributed by atoms with Crippen LogP contribution in [0.4, 0.5) is 0 Å². The lowest BCUT2D eigenvalue weighted by molar-refractivity contribution is -0.141. The molecule has 3 amide bonds. The molecule has 266 valence electrons. The first-order valence-corrected chi connectivity index (χ1v) is 17.6. The average molecular weight is 706 g/mol. The van der Waals surface area contributed by atoms with E-state index in [1.165, 1.54) is 5.38 Å². The van der Waals surface area contributed by atoms with Crippen molar-refractivity contribution in [2.24, 2.45) is 17.8 Å². The SMILES string of the molecule is CC[C@H](C)[C@H](NC(=O)[C@H]1CCCCN1C)C(=O)N[C@H](CC(=O)c1nc(C(=O)N[C@@H](Cc2ccccc2)C[C@H](C)C(=O)O)cs1)C(C)C.Cl. The smallest absolute Gasteiger partial charge is 0.306 e. The molecule has 0 unspecified atom stereocenters. The predicted molar refractivity (Wildman–Crippen MR) is 190 cm³/mol. The summed E-state index contributed by atoms with van der Waals surface area (Å²) in [6.45, 7) is 10.2. The number of thiazole rings is 1. The Morgan fingerprint density at radius 3 is 2.31 bits per heavy atom. The van der Waals surface area contributed by atoms with Gasteiger partial charge in [0.1, 0.15) is 11.7 Å². The maximum absolute atomic E-state index is 13.6. The molecule has 48 heavy (non-hydrogen) atoms. The number of likely N-dealkylation sites (tertiary alicyclic amines) is 1. The predicted octanol–water partition coefficient (Wildman–Crippen LogP) is 4.75. The van der Waals surface area contributed by atoms with Crippen LogP contribution in [0.1, 0.15) is 99.0 Å². The van der Waals surface area contributed by atoms with Crippen LogP contribution < -0.4 is 16.0 Å². The van der Waals surface area contributed by atoms with E-state index < -0.39 is 35.9 Å². The zero-order valence-corrected chi connectivity index (χ0v) is 30.5. The van der Waals surface area contributed by atoms with Crippen LogP contribution in [0.25, 0.3) is 0 Å².